The zero-order valence-corrected chi connectivity index (χ0v) is 9.95. The molecule has 1 heterocycles. The lowest BCUT2D eigenvalue weighted by Crippen LogP contribution is -2.29. The van der Waals surface area contributed by atoms with Gasteiger partial charge in [-0.05, 0) is 42.3 Å². The van der Waals surface area contributed by atoms with Crippen LogP contribution < -0.4 is 5.32 Å². The second-order valence-corrected chi connectivity index (χ2v) is 4.76. The van der Waals surface area contributed by atoms with Crippen LogP contribution in [0, 0.1) is 0 Å². The molecule has 0 radical (unpaired) electrons. The predicted molar refractivity (Wildman–Crippen MR) is 71.9 cm³/mol. The molecule has 1 aromatic carbocycles. The van der Waals surface area contributed by atoms with Gasteiger partial charge in [0.2, 0.25) is 0 Å². The van der Waals surface area contributed by atoms with Crippen molar-refractivity contribution in [1.82, 2.24) is 10.3 Å². The van der Waals surface area contributed by atoms with Gasteiger partial charge in [-0.3, -0.25) is 0 Å². The van der Waals surface area contributed by atoms with Gasteiger partial charge in [0.25, 0.3) is 0 Å². The van der Waals surface area contributed by atoms with Crippen LogP contribution in [0.1, 0.15) is 24.8 Å². The van der Waals surface area contributed by atoms with E-state index in [1.807, 2.05) is 6.20 Å². The molecule has 2 aromatic rings. The Hall–Kier alpha value is -1.54. The predicted octanol–water partition coefficient (Wildman–Crippen LogP) is 3.37. The zero-order valence-electron chi connectivity index (χ0n) is 9.95. The first kappa shape index (κ1) is 10.6. The lowest BCUT2D eigenvalue weighted by Gasteiger charge is -2.19. The summed E-state index contributed by atoms with van der Waals surface area (Å²) < 4.78 is 0. The standard InChI is InChI=1S/C15H18N2/c1-2-4-14(5-3-1)17-11-12-6-7-13-8-9-16-15(13)10-12/h1-2,6-10,14,16-17H,3-5,11H2. The third-order valence-corrected chi connectivity index (χ3v) is 3.48. The average molecular weight is 226 g/mol. The Morgan fingerprint density at radius 2 is 2.24 bits per heavy atom. The lowest BCUT2D eigenvalue weighted by molar-refractivity contribution is 0.474. The third kappa shape index (κ3) is 2.42. The van der Waals surface area contributed by atoms with E-state index in [0.29, 0.717) is 6.04 Å². The Balaban J connectivity index is 1.65. The fourth-order valence-corrected chi connectivity index (χ4v) is 2.45. The molecule has 2 nitrogen and oxygen atoms in total. The van der Waals surface area contributed by atoms with Gasteiger partial charge in [-0.25, -0.2) is 0 Å². The van der Waals surface area contributed by atoms with E-state index in [1.54, 1.807) is 0 Å². The van der Waals surface area contributed by atoms with Crippen molar-refractivity contribution < 1.29 is 0 Å². The molecular formula is C15H18N2. The highest BCUT2D eigenvalue weighted by molar-refractivity contribution is 5.79. The van der Waals surface area contributed by atoms with E-state index in [-0.39, 0.29) is 0 Å². The molecule has 0 amide bonds. The van der Waals surface area contributed by atoms with Crippen LogP contribution in [-0.2, 0) is 6.54 Å². The summed E-state index contributed by atoms with van der Waals surface area (Å²) in [6, 6.07) is 9.39. The highest BCUT2D eigenvalue weighted by atomic mass is 14.9. The van der Waals surface area contributed by atoms with Gasteiger partial charge in [0.15, 0.2) is 0 Å². The molecule has 0 spiro atoms. The maximum atomic E-state index is 3.63. The highest BCUT2D eigenvalue weighted by Gasteiger charge is 2.08. The average Bonchev–Trinajstić information content (AvgIpc) is 2.85. The Morgan fingerprint density at radius 1 is 1.24 bits per heavy atom. The van der Waals surface area contributed by atoms with Crippen molar-refractivity contribution in [3.05, 3.63) is 48.2 Å². The van der Waals surface area contributed by atoms with Crippen molar-refractivity contribution >= 4 is 10.9 Å². The first-order chi connectivity index (χ1) is 8.42. The van der Waals surface area contributed by atoms with E-state index in [9.17, 15) is 0 Å². The minimum atomic E-state index is 0.652. The number of hydrogen-bond acceptors (Lipinski definition) is 1. The van der Waals surface area contributed by atoms with Gasteiger partial charge >= 0.3 is 0 Å². The molecular weight excluding hydrogens is 208 g/mol. The number of allylic oxidation sites excluding steroid dienone is 1. The normalized spacial score (nSPS) is 19.9. The van der Waals surface area contributed by atoms with Crippen molar-refractivity contribution in [2.45, 2.75) is 31.8 Å². The maximum absolute atomic E-state index is 3.63. The summed E-state index contributed by atoms with van der Waals surface area (Å²) in [5, 5.41) is 4.92. The monoisotopic (exact) mass is 226 g/mol. The summed E-state index contributed by atoms with van der Waals surface area (Å²) in [6.07, 6.45) is 10.2. The van der Waals surface area contributed by atoms with Crippen LogP contribution in [0.4, 0.5) is 0 Å². The molecule has 17 heavy (non-hydrogen) atoms. The van der Waals surface area contributed by atoms with E-state index in [0.717, 1.165) is 6.54 Å². The fourth-order valence-electron chi connectivity index (χ4n) is 2.45. The highest BCUT2D eigenvalue weighted by Crippen LogP contribution is 2.15. The van der Waals surface area contributed by atoms with E-state index >= 15 is 0 Å². The summed E-state index contributed by atoms with van der Waals surface area (Å²) in [6.45, 7) is 0.966. The van der Waals surface area contributed by atoms with Crippen molar-refractivity contribution in [2.75, 3.05) is 0 Å². The Morgan fingerprint density at radius 3 is 3.12 bits per heavy atom. The zero-order chi connectivity index (χ0) is 11.5. The minimum Gasteiger partial charge on any atom is -0.361 e. The summed E-state index contributed by atoms with van der Waals surface area (Å²) in [5.41, 5.74) is 2.59. The summed E-state index contributed by atoms with van der Waals surface area (Å²) >= 11 is 0. The SMILES string of the molecule is C1=CCC(NCc2ccc3cc[nH]c3c2)CC1. The number of aromatic nitrogens is 1. The summed E-state index contributed by atoms with van der Waals surface area (Å²) in [4.78, 5) is 3.26. The fraction of sp³-hybridized carbons (Fsp3) is 0.333. The third-order valence-electron chi connectivity index (χ3n) is 3.48. The van der Waals surface area contributed by atoms with E-state index < -0.39 is 0 Å². The number of hydrogen-bond donors (Lipinski definition) is 2. The molecule has 0 bridgehead atoms. The van der Waals surface area contributed by atoms with Gasteiger partial charge in [-0.2, -0.15) is 0 Å². The molecule has 3 rings (SSSR count). The first-order valence-electron chi connectivity index (χ1n) is 6.36. The van der Waals surface area contributed by atoms with E-state index in [2.05, 4.69) is 46.7 Å². The lowest BCUT2D eigenvalue weighted by atomic mass is 10.0. The van der Waals surface area contributed by atoms with Gasteiger partial charge in [0.1, 0.15) is 0 Å². The van der Waals surface area contributed by atoms with Crippen LogP contribution in [0.5, 0.6) is 0 Å². The molecule has 0 fully saturated rings. The number of H-pyrrole nitrogens is 1. The first-order valence-corrected chi connectivity index (χ1v) is 6.36. The van der Waals surface area contributed by atoms with Gasteiger partial charge < -0.3 is 10.3 Å². The second-order valence-electron chi connectivity index (χ2n) is 4.76. The quantitative estimate of drug-likeness (QED) is 0.772. The molecule has 0 saturated heterocycles. The Labute approximate surface area is 102 Å². The van der Waals surface area contributed by atoms with Crippen molar-refractivity contribution in [2.24, 2.45) is 0 Å². The number of benzene rings is 1. The van der Waals surface area contributed by atoms with Gasteiger partial charge in [0.05, 0.1) is 0 Å². The van der Waals surface area contributed by atoms with Crippen LogP contribution in [0.2, 0.25) is 0 Å². The Bertz CT molecular complexity index is 524. The van der Waals surface area contributed by atoms with Crippen LogP contribution in [0.15, 0.2) is 42.6 Å². The molecule has 2 heteroatoms. The smallest absolute Gasteiger partial charge is 0.0457 e. The molecule has 0 aliphatic heterocycles. The summed E-state index contributed by atoms with van der Waals surface area (Å²) in [5.74, 6) is 0. The molecule has 1 aliphatic rings. The van der Waals surface area contributed by atoms with Crippen LogP contribution >= 0.6 is 0 Å². The van der Waals surface area contributed by atoms with E-state index in [4.69, 9.17) is 0 Å². The molecule has 1 aromatic heterocycles. The second kappa shape index (κ2) is 4.76. The molecule has 2 N–H and O–H groups in total. The molecule has 88 valence electrons. The largest absolute Gasteiger partial charge is 0.361 e. The van der Waals surface area contributed by atoms with Crippen molar-refractivity contribution in [3.8, 4) is 0 Å². The topological polar surface area (TPSA) is 27.8 Å². The molecule has 0 saturated carbocycles. The number of nitrogens with one attached hydrogen (secondary N) is 2. The van der Waals surface area contributed by atoms with Crippen LogP contribution in [-0.4, -0.2) is 11.0 Å². The van der Waals surface area contributed by atoms with Crippen molar-refractivity contribution in [3.63, 3.8) is 0 Å². The minimum absolute atomic E-state index is 0.652. The number of aromatic amines is 1. The maximum Gasteiger partial charge on any atom is 0.0457 e. The summed E-state index contributed by atoms with van der Waals surface area (Å²) in [7, 11) is 0. The van der Waals surface area contributed by atoms with Gasteiger partial charge in [-0.15, -0.1) is 0 Å². The Kier molecular flexibility index (Phi) is 2.97. The molecule has 1 unspecified atom stereocenters. The van der Waals surface area contributed by atoms with E-state index in [1.165, 1.54) is 35.7 Å². The van der Waals surface area contributed by atoms with Crippen molar-refractivity contribution in [1.29, 1.82) is 0 Å². The van der Waals surface area contributed by atoms with Crippen LogP contribution in [0.25, 0.3) is 10.9 Å². The van der Waals surface area contributed by atoms with Gasteiger partial charge in [-0.1, -0.05) is 24.3 Å². The van der Waals surface area contributed by atoms with Gasteiger partial charge in [0, 0.05) is 24.3 Å². The van der Waals surface area contributed by atoms with Crippen LogP contribution in [0.3, 0.4) is 0 Å². The molecule has 1 aliphatic carbocycles. The number of rotatable bonds is 3. The molecule has 1 atom stereocenters. The number of fused-ring (bicyclic) bond motifs is 1.